The normalized spacial score (nSPS) is 11.5. The number of hydrogen-bond donors (Lipinski definition) is 1. The molecule has 1 aromatic rings. The van der Waals surface area contributed by atoms with Gasteiger partial charge in [0.2, 0.25) is 0 Å². The summed E-state index contributed by atoms with van der Waals surface area (Å²) < 4.78 is 0.803. The third-order valence-corrected chi connectivity index (χ3v) is 2.85. The molecule has 1 heterocycles. The molecule has 0 aromatic carbocycles. The fourth-order valence-corrected chi connectivity index (χ4v) is 2.21. The summed E-state index contributed by atoms with van der Waals surface area (Å²) in [5.74, 6) is -0.228. The summed E-state index contributed by atoms with van der Waals surface area (Å²) in [6.45, 7) is 7.10. The fourth-order valence-electron chi connectivity index (χ4n) is 1.26. The summed E-state index contributed by atoms with van der Waals surface area (Å²) >= 11 is 1.40. The topological polar surface area (TPSA) is 71.9 Å². The van der Waals surface area contributed by atoms with Crippen molar-refractivity contribution in [2.45, 2.75) is 44.0 Å². The molecular formula is C11H16N2O3S. The summed E-state index contributed by atoms with van der Waals surface area (Å²) in [5.41, 5.74) is -0.991. The number of nitrogens with one attached hydrogen (secondary N) is 1. The first-order valence-corrected chi connectivity index (χ1v) is 6.03. The first-order chi connectivity index (χ1) is 7.69. The van der Waals surface area contributed by atoms with E-state index in [-0.39, 0.29) is 17.1 Å². The average Bonchev–Trinajstić information content (AvgIpc) is 2.08. The maximum Gasteiger partial charge on any atom is 0.329 e. The quantitative estimate of drug-likeness (QED) is 0.647. The highest BCUT2D eigenvalue weighted by atomic mass is 32.2. The van der Waals surface area contributed by atoms with Gasteiger partial charge in [-0.25, -0.2) is 4.79 Å². The summed E-state index contributed by atoms with van der Waals surface area (Å²) in [4.78, 5) is 36.8. The highest BCUT2D eigenvalue weighted by Crippen LogP contribution is 2.28. The molecule has 0 bridgehead atoms. The predicted octanol–water partition coefficient (Wildman–Crippen LogP) is 1.02. The number of nitrogens with zero attached hydrogens (tertiary/aromatic N) is 1. The number of carbonyl (C=O) groups is 1. The first kappa shape index (κ1) is 13.8. The van der Waals surface area contributed by atoms with Gasteiger partial charge in [-0.3, -0.25) is 14.2 Å². The van der Waals surface area contributed by atoms with Crippen LogP contribution in [-0.2, 0) is 11.3 Å². The molecule has 1 aromatic heterocycles. The van der Waals surface area contributed by atoms with E-state index >= 15 is 0 Å². The molecule has 94 valence electrons. The molecule has 17 heavy (non-hydrogen) atoms. The minimum Gasteiger partial charge on any atom is -0.302 e. The smallest absolute Gasteiger partial charge is 0.302 e. The Labute approximate surface area is 103 Å². The molecule has 0 aliphatic heterocycles. The molecule has 0 aliphatic rings. The zero-order valence-corrected chi connectivity index (χ0v) is 11.2. The van der Waals surface area contributed by atoms with Gasteiger partial charge in [-0.15, -0.1) is 11.8 Å². The Morgan fingerprint density at radius 1 is 1.41 bits per heavy atom. The van der Waals surface area contributed by atoms with Gasteiger partial charge in [0.05, 0.1) is 11.6 Å². The standard InChI is InChI=1S/C11H16N2O3S/c1-7(14)6-13-9(15)5-8(12-10(13)16)17-11(2,3)4/h5H,6H2,1-4H3,(H,12,16). The van der Waals surface area contributed by atoms with Crippen LogP contribution in [0.1, 0.15) is 27.7 Å². The zero-order chi connectivity index (χ0) is 13.2. The second-order valence-corrected chi connectivity index (χ2v) is 6.65. The molecule has 6 heteroatoms. The molecule has 0 saturated heterocycles. The largest absolute Gasteiger partial charge is 0.329 e. The van der Waals surface area contributed by atoms with Crippen LogP contribution in [0.2, 0.25) is 0 Å². The van der Waals surface area contributed by atoms with Crippen LogP contribution in [0.3, 0.4) is 0 Å². The van der Waals surface area contributed by atoms with Crippen LogP contribution in [-0.4, -0.2) is 20.1 Å². The number of H-pyrrole nitrogens is 1. The number of aromatic nitrogens is 2. The molecule has 0 fully saturated rings. The Balaban J connectivity index is 3.15. The summed E-state index contributed by atoms with van der Waals surface area (Å²) in [7, 11) is 0. The van der Waals surface area contributed by atoms with Gasteiger partial charge in [0.25, 0.3) is 5.56 Å². The Morgan fingerprint density at radius 3 is 2.41 bits per heavy atom. The molecule has 5 nitrogen and oxygen atoms in total. The highest BCUT2D eigenvalue weighted by molar-refractivity contribution is 8.00. The SMILES string of the molecule is CC(=O)Cn1c(=O)cc(SC(C)(C)C)[nH]c1=O. The van der Waals surface area contributed by atoms with Gasteiger partial charge in [0, 0.05) is 10.8 Å². The minimum atomic E-state index is -0.542. The minimum absolute atomic E-state index is 0.0951. The molecule has 0 unspecified atom stereocenters. The lowest BCUT2D eigenvalue weighted by atomic mass is 10.3. The Bertz CT molecular complexity index is 506. The van der Waals surface area contributed by atoms with Crippen molar-refractivity contribution in [1.82, 2.24) is 9.55 Å². The van der Waals surface area contributed by atoms with Crippen molar-refractivity contribution < 1.29 is 4.79 Å². The Kier molecular flexibility index (Phi) is 3.98. The van der Waals surface area contributed by atoms with Crippen molar-refractivity contribution in [3.05, 3.63) is 26.9 Å². The highest BCUT2D eigenvalue weighted by Gasteiger charge is 2.14. The van der Waals surface area contributed by atoms with Gasteiger partial charge in [-0.05, 0) is 6.92 Å². The Hall–Kier alpha value is -1.30. The molecule has 1 rings (SSSR count). The number of thioether (sulfide) groups is 1. The molecule has 1 N–H and O–H groups in total. The maximum absolute atomic E-state index is 11.7. The number of carbonyl (C=O) groups excluding carboxylic acids is 1. The molecule has 0 amide bonds. The molecule has 0 spiro atoms. The summed E-state index contributed by atoms with van der Waals surface area (Å²) in [6, 6.07) is 1.35. The molecule has 0 atom stereocenters. The van der Waals surface area contributed by atoms with Gasteiger partial charge in [0.15, 0.2) is 0 Å². The van der Waals surface area contributed by atoms with Crippen molar-refractivity contribution in [3.8, 4) is 0 Å². The monoisotopic (exact) mass is 256 g/mol. The third-order valence-electron chi connectivity index (χ3n) is 1.79. The van der Waals surface area contributed by atoms with Gasteiger partial charge in [0.1, 0.15) is 5.78 Å². The van der Waals surface area contributed by atoms with Crippen LogP contribution < -0.4 is 11.2 Å². The third kappa shape index (κ3) is 4.22. The van der Waals surface area contributed by atoms with E-state index < -0.39 is 11.2 Å². The van der Waals surface area contributed by atoms with E-state index in [9.17, 15) is 14.4 Å². The molecule has 0 aliphatic carbocycles. The summed E-state index contributed by atoms with van der Waals surface area (Å²) in [6.07, 6.45) is 0. The van der Waals surface area contributed by atoms with Crippen molar-refractivity contribution in [1.29, 1.82) is 0 Å². The van der Waals surface area contributed by atoms with E-state index in [1.165, 1.54) is 24.8 Å². The first-order valence-electron chi connectivity index (χ1n) is 5.21. The van der Waals surface area contributed by atoms with Crippen molar-refractivity contribution in [3.63, 3.8) is 0 Å². The number of ketones is 1. The zero-order valence-electron chi connectivity index (χ0n) is 10.4. The van der Waals surface area contributed by atoms with Crippen LogP contribution in [0.15, 0.2) is 20.7 Å². The number of Topliss-reactive ketones (excluding diaryl/α,β-unsaturated/α-hetero) is 1. The number of aromatic amines is 1. The van der Waals surface area contributed by atoms with Gasteiger partial charge in [-0.2, -0.15) is 0 Å². The lowest BCUT2D eigenvalue weighted by molar-refractivity contribution is -0.117. The second kappa shape index (κ2) is 4.91. The lowest BCUT2D eigenvalue weighted by Gasteiger charge is -2.16. The lowest BCUT2D eigenvalue weighted by Crippen LogP contribution is -2.36. The number of hydrogen-bond acceptors (Lipinski definition) is 4. The van der Waals surface area contributed by atoms with Crippen molar-refractivity contribution in [2.24, 2.45) is 0 Å². The van der Waals surface area contributed by atoms with Gasteiger partial charge >= 0.3 is 5.69 Å². The van der Waals surface area contributed by atoms with Crippen LogP contribution in [0.4, 0.5) is 0 Å². The van der Waals surface area contributed by atoms with Crippen LogP contribution >= 0.6 is 11.8 Å². The number of rotatable bonds is 3. The van der Waals surface area contributed by atoms with E-state index in [2.05, 4.69) is 4.98 Å². The van der Waals surface area contributed by atoms with Gasteiger partial charge in [-0.1, -0.05) is 20.8 Å². The second-order valence-electron chi connectivity index (χ2n) is 4.78. The van der Waals surface area contributed by atoms with E-state index in [0.717, 1.165) is 4.57 Å². The Morgan fingerprint density at radius 2 is 2.00 bits per heavy atom. The van der Waals surface area contributed by atoms with E-state index in [0.29, 0.717) is 5.03 Å². The van der Waals surface area contributed by atoms with E-state index in [1.54, 1.807) is 0 Å². The molecular weight excluding hydrogens is 240 g/mol. The van der Waals surface area contributed by atoms with Crippen LogP contribution in [0.25, 0.3) is 0 Å². The average molecular weight is 256 g/mol. The van der Waals surface area contributed by atoms with E-state index in [4.69, 9.17) is 0 Å². The van der Waals surface area contributed by atoms with Gasteiger partial charge < -0.3 is 4.98 Å². The van der Waals surface area contributed by atoms with E-state index in [1.807, 2.05) is 20.8 Å². The predicted molar refractivity (Wildman–Crippen MR) is 67.6 cm³/mol. The summed E-state index contributed by atoms with van der Waals surface area (Å²) in [5, 5.41) is 0.521. The maximum atomic E-state index is 11.7. The van der Waals surface area contributed by atoms with Crippen molar-refractivity contribution >= 4 is 17.5 Å². The van der Waals surface area contributed by atoms with Crippen molar-refractivity contribution in [2.75, 3.05) is 0 Å². The fraction of sp³-hybridized carbons (Fsp3) is 0.545. The van der Waals surface area contributed by atoms with Crippen LogP contribution in [0, 0.1) is 0 Å². The van der Waals surface area contributed by atoms with Crippen LogP contribution in [0.5, 0.6) is 0 Å². The molecule has 0 saturated carbocycles. The molecule has 0 radical (unpaired) electrons.